The first kappa shape index (κ1) is 20.4. The van der Waals surface area contributed by atoms with Crippen molar-refractivity contribution in [1.29, 1.82) is 0 Å². The molecule has 0 aliphatic carbocycles. The standard InChI is InChI=1S/C25H21N5O3/c1-2-33-19-11-9-18(10-12-19)27-23(31)16-29-21-7-3-4-8-22(21)30-24(32)14-20(28-25(29)30)17-6-5-13-26-15-17/h3-15H,2,16H2,1H3,(H,27,31). The number of ether oxygens (including phenoxy) is 1. The number of nitrogens with one attached hydrogen (secondary N) is 1. The Labute approximate surface area is 189 Å². The highest BCUT2D eigenvalue weighted by Gasteiger charge is 2.17. The molecule has 0 saturated carbocycles. The summed E-state index contributed by atoms with van der Waals surface area (Å²) in [6.07, 6.45) is 3.32. The Hall–Kier alpha value is -4.46. The van der Waals surface area contributed by atoms with Gasteiger partial charge in [0.1, 0.15) is 12.3 Å². The van der Waals surface area contributed by atoms with E-state index in [1.807, 2.05) is 37.3 Å². The number of nitrogens with zero attached hydrogens (tertiary/aromatic N) is 4. The molecule has 5 rings (SSSR count). The van der Waals surface area contributed by atoms with Crippen molar-refractivity contribution >= 4 is 28.4 Å². The summed E-state index contributed by atoms with van der Waals surface area (Å²) in [5.74, 6) is 0.900. The van der Waals surface area contributed by atoms with Crippen LogP contribution < -0.4 is 15.6 Å². The number of para-hydroxylation sites is 2. The normalized spacial score (nSPS) is 11.1. The van der Waals surface area contributed by atoms with Gasteiger partial charge in [0.25, 0.3) is 5.56 Å². The van der Waals surface area contributed by atoms with E-state index < -0.39 is 0 Å². The van der Waals surface area contributed by atoms with Crippen LogP contribution in [-0.4, -0.2) is 31.4 Å². The van der Waals surface area contributed by atoms with E-state index in [0.29, 0.717) is 29.3 Å². The lowest BCUT2D eigenvalue weighted by Crippen LogP contribution is -2.20. The zero-order valence-electron chi connectivity index (χ0n) is 17.9. The van der Waals surface area contributed by atoms with Crippen LogP contribution in [0.5, 0.6) is 5.75 Å². The van der Waals surface area contributed by atoms with Gasteiger partial charge in [0, 0.05) is 29.7 Å². The van der Waals surface area contributed by atoms with Gasteiger partial charge in [-0.2, -0.15) is 0 Å². The van der Waals surface area contributed by atoms with Gasteiger partial charge in [0.15, 0.2) is 0 Å². The molecular weight excluding hydrogens is 418 g/mol. The van der Waals surface area contributed by atoms with Gasteiger partial charge >= 0.3 is 0 Å². The number of carbonyl (C=O) groups excluding carboxylic acids is 1. The van der Waals surface area contributed by atoms with E-state index in [2.05, 4.69) is 10.3 Å². The van der Waals surface area contributed by atoms with Crippen LogP contribution in [0, 0.1) is 0 Å². The maximum atomic E-state index is 13.0. The Morgan fingerprint density at radius 1 is 1.03 bits per heavy atom. The number of imidazole rings is 1. The summed E-state index contributed by atoms with van der Waals surface area (Å²) in [4.78, 5) is 34.8. The smallest absolute Gasteiger partial charge is 0.260 e. The Morgan fingerprint density at radius 2 is 1.82 bits per heavy atom. The van der Waals surface area contributed by atoms with E-state index in [-0.39, 0.29) is 18.0 Å². The first-order valence-corrected chi connectivity index (χ1v) is 10.6. The molecule has 0 aliphatic rings. The molecule has 0 radical (unpaired) electrons. The summed E-state index contributed by atoms with van der Waals surface area (Å²) >= 11 is 0. The van der Waals surface area contributed by atoms with Crippen molar-refractivity contribution in [3.63, 3.8) is 0 Å². The van der Waals surface area contributed by atoms with Gasteiger partial charge in [-0.05, 0) is 55.5 Å². The summed E-state index contributed by atoms with van der Waals surface area (Å²) in [6, 6.07) is 19.8. The monoisotopic (exact) mass is 439 g/mol. The molecule has 3 heterocycles. The van der Waals surface area contributed by atoms with Crippen molar-refractivity contribution < 1.29 is 9.53 Å². The fourth-order valence-electron chi connectivity index (χ4n) is 3.83. The lowest BCUT2D eigenvalue weighted by molar-refractivity contribution is -0.116. The molecule has 3 aromatic heterocycles. The average Bonchev–Trinajstić information content (AvgIpc) is 3.15. The van der Waals surface area contributed by atoms with Crippen molar-refractivity contribution in [2.45, 2.75) is 13.5 Å². The molecule has 8 heteroatoms. The average molecular weight is 439 g/mol. The van der Waals surface area contributed by atoms with Crippen molar-refractivity contribution in [3.05, 3.63) is 89.5 Å². The van der Waals surface area contributed by atoms with Crippen molar-refractivity contribution in [3.8, 4) is 17.0 Å². The van der Waals surface area contributed by atoms with Crippen LogP contribution in [0.4, 0.5) is 5.69 Å². The topological polar surface area (TPSA) is 90.5 Å². The molecule has 0 fully saturated rings. The van der Waals surface area contributed by atoms with E-state index in [4.69, 9.17) is 9.72 Å². The quantitative estimate of drug-likeness (QED) is 0.435. The third kappa shape index (κ3) is 3.94. The van der Waals surface area contributed by atoms with Gasteiger partial charge in [-0.15, -0.1) is 0 Å². The van der Waals surface area contributed by atoms with E-state index in [1.165, 1.54) is 10.5 Å². The summed E-state index contributed by atoms with van der Waals surface area (Å²) in [6.45, 7) is 2.49. The second-order valence-electron chi connectivity index (χ2n) is 7.44. The molecule has 8 nitrogen and oxygen atoms in total. The molecular formula is C25H21N5O3. The lowest BCUT2D eigenvalue weighted by atomic mass is 10.2. The van der Waals surface area contributed by atoms with Crippen molar-refractivity contribution in [2.75, 3.05) is 11.9 Å². The largest absolute Gasteiger partial charge is 0.494 e. The molecule has 1 N–H and O–H groups in total. The number of amides is 1. The van der Waals surface area contributed by atoms with Crippen LogP contribution in [0.2, 0.25) is 0 Å². The van der Waals surface area contributed by atoms with Gasteiger partial charge in [-0.25, -0.2) is 9.38 Å². The fraction of sp³-hybridized carbons (Fsp3) is 0.120. The molecule has 0 aliphatic heterocycles. The molecule has 1 amide bonds. The van der Waals surface area contributed by atoms with E-state index in [1.54, 1.807) is 47.3 Å². The van der Waals surface area contributed by atoms with Crippen LogP contribution in [0.1, 0.15) is 6.92 Å². The third-order valence-corrected chi connectivity index (χ3v) is 5.26. The highest BCUT2D eigenvalue weighted by molar-refractivity contribution is 5.92. The minimum atomic E-state index is -0.233. The van der Waals surface area contributed by atoms with Gasteiger partial charge < -0.3 is 14.6 Å². The number of rotatable bonds is 6. The Bertz CT molecular complexity index is 1500. The number of aromatic nitrogens is 4. The lowest BCUT2D eigenvalue weighted by Gasteiger charge is -2.09. The first-order valence-electron chi connectivity index (χ1n) is 10.6. The second-order valence-corrected chi connectivity index (χ2v) is 7.44. The van der Waals surface area contributed by atoms with Crippen LogP contribution in [0.15, 0.2) is 83.9 Å². The van der Waals surface area contributed by atoms with Gasteiger partial charge in [0.2, 0.25) is 11.7 Å². The zero-order valence-corrected chi connectivity index (χ0v) is 17.9. The third-order valence-electron chi connectivity index (χ3n) is 5.26. The van der Waals surface area contributed by atoms with Crippen LogP contribution >= 0.6 is 0 Å². The number of hydrogen-bond donors (Lipinski definition) is 1. The number of benzene rings is 2. The number of carbonyl (C=O) groups is 1. The van der Waals surface area contributed by atoms with Crippen molar-refractivity contribution in [2.24, 2.45) is 0 Å². The van der Waals surface area contributed by atoms with Crippen LogP contribution in [0.3, 0.4) is 0 Å². The van der Waals surface area contributed by atoms with Crippen LogP contribution in [-0.2, 0) is 11.3 Å². The number of anilines is 1. The molecule has 0 saturated heterocycles. The van der Waals surface area contributed by atoms with Crippen molar-refractivity contribution in [1.82, 2.24) is 18.9 Å². The molecule has 33 heavy (non-hydrogen) atoms. The summed E-state index contributed by atoms with van der Waals surface area (Å²) in [5.41, 5.74) is 3.10. The predicted molar refractivity (Wildman–Crippen MR) is 126 cm³/mol. The Balaban J connectivity index is 1.55. The summed E-state index contributed by atoms with van der Waals surface area (Å²) in [7, 11) is 0. The minimum absolute atomic E-state index is 0.00679. The molecule has 164 valence electrons. The Kier molecular flexibility index (Phi) is 5.32. The Morgan fingerprint density at radius 3 is 2.55 bits per heavy atom. The SMILES string of the molecule is CCOc1ccc(NC(=O)Cn2c3ccccc3n3c(=O)cc(-c4cccnc4)nc23)cc1. The summed E-state index contributed by atoms with van der Waals surface area (Å²) < 4.78 is 8.72. The van der Waals surface area contributed by atoms with Gasteiger partial charge in [-0.1, -0.05) is 12.1 Å². The summed E-state index contributed by atoms with van der Waals surface area (Å²) in [5, 5.41) is 2.90. The maximum absolute atomic E-state index is 13.0. The van der Waals surface area contributed by atoms with Gasteiger partial charge in [0.05, 0.1) is 23.3 Å². The van der Waals surface area contributed by atoms with E-state index in [9.17, 15) is 9.59 Å². The maximum Gasteiger partial charge on any atom is 0.260 e. The first-order chi connectivity index (χ1) is 16.1. The fourth-order valence-corrected chi connectivity index (χ4v) is 3.83. The zero-order chi connectivity index (χ0) is 22.8. The minimum Gasteiger partial charge on any atom is -0.494 e. The number of pyridine rings is 1. The van der Waals surface area contributed by atoms with E-state index in [0.717, 1.165) is 16.8 Å². The van der Waals surface area contributed by atoms with Crippen LogP contribution in [0.25, 0.3) is 28.1 Å². The molecule has 5 aromatic rings. The van der Waals surface area contributed by atoms with Gasteiger partial charge in [-0.3, -0.25) is 14.6 Å². The number of hydrogen-bond acceptors (Lipinski definition) is 5. The number of fused-ring (bicyclic) bond motifs is 3. The highest BCUT2D eigenvalue weighted by Crippen LogP contribution is 2.22. The second kappa shape index (κ2) is 8.58. The highest BCUT2D eigenvalue weighted by atomic mass is 16.5. The molecule has 0 bridgehead atoms. The molecule has 0 spiro atoms. The predicted octanol–water partition coefficient (Wildman–Crippen LogP) is 3.75. The van der Waals surface area contributed by atoms with E-state index >= 15 is 0 Å². The molecule has 0 atom stereocenters. The molecule has 0 unspecified atom stereocenters. The molecule has 2 aromatic carbocycles.